The molecule has 0 saturated carbocycles. The summed E-state index contributed by atoms with van der Waals surface area (Å²) >= 11 is 2.13. The van der Waals surface area contributed by atoms with E-state index in [0.29, 0.717) is 0 Å². The molecule has 0 aliphatic carbocycles. The molecule has 0 unspecified atom stereocenters. The lowest BCUT2D eigenvalue weighted by atomic mass is 10.1. The second-order valence-electron chi connectivity index (χ2n) is 6.53. The third kappa shape index (κ3) is 16.7. The van der Waals surface area contributed by atoms with Crippen LogP contribution < -0.4 is 12.4 Å². The molecule has 0 fully saturated rings. The smallest absolute Gasteiger partial charge is 0.125 e. The molecule has 0 saturated heterocycles. The third-order valence-electron chi connectivity index (χ3n) is 3.70. The first-order chi connectivity index (χ1) is 9.12. The van der Waals surface area contributed by atoms with Crippen LogP contribution in [0.15, 0.2) is 0 Å². The highest BCUT2D eigenvalue weighted by Gasteiger charge is 2.13. The number of thioether (sulfide) groups is 1. The van der Waals surface area contributed by atoms with Gasteiger partial charge in [-0.25, -0.2) is 0 Å². The highest BCUT2D eigenvalue weighted by Crippen LogP contribution is 2.14. The minimum atomic E-state index is 0. The summed E-state index contributed by atoms with van der Waals surface area (Å²) < 4.78 is 1.20. The van der Waals surface area contributed by atoms with Crippen LogP contribution in [0, 0.1) is 0 Å². The standard InChI is InChI=1S/C17H38NS.ClH/c1-5-7-9-10-11-12-13-14-15-18(3,4)17-19-16-8-6-2;/h5-17H2,1-4H3;1H/q+1;/p-1. The maximum Gasteiger partial charge on any atom is 0.125 e. The molecule has 0 aliphatic rings. The van der Waals surface area contributed by atoms with Crippen LogP contribution in [-0.2, 0) is 0 Å². The van der Waals surface area contributed by atoms with Crippen molar-refractivity contribution >= 4 is 11.8 Å². The van der Waals surface area contributed by atoms with Gasteiger partial charge in [0.25, 0.3) is 0 Å². The Kier molecular flexibility index (Phi) is 18.3. The summed E-state index contributed by atoms with van der Waals surface area (Å²) in [6, 6.07) is 0. The maximum absolute atomic E-state index is 2.39. The van der Waals surface area contributed by atoms with Gasteiger partial charge in [0.1, 0.15) is 5.88 Å². The molecule has 0 aromatic carbocycles. The van der Waals surface area contributed by atoms with Crippen molar-refractivity contribution in [3.05, 3.63) is 0 Å². The lowest BCUT2D eigenvalue weighted by Crippen LogP contribution is -3.00. The van der Waals surface area contributed by atoms with Gasteiger partial charge in [0, 0.05) is 0 Å². The molecule has 3 heteroatoms. The molecule has 0 aromatic rings. The minimum absolute atomic E-state index is 0. The summed E-state index contributed by atoms with van der Waals surface area (Å²) in [5.41, 5.74) is 0. The fourth-order valence-electron chi connectivity index (χ4n) is 2.30. The molecule has 0 aliphatic heterocycles. The van der Waals surface area contributed by atoms with E-state index in [1.807, 2.05) is 0 Å². The van der Waals surface area contributed by atoms with E-state index in [0.717, 1.165) is 0 Å². The lowest BCUT2D eigenvalue weighted by Gasteiger charge is -2.29. The first kappa shape index (κ1) is 22.9. The van der Waals surface area contributed by atoms with Gasteiger partial charge >= 0.3 is 0 Å². The minimum Gasteiger partial charge on any atom is -1.00 e. The fourth-order valence-corrected chi connectivity index (χ4v) is 3.54. The highest BCUT2D eigenvalue weighted by molar-refractivity contribution is 7.99. The zero-order chi connectivity index (χ0) is 14.4. The van der Waals surface area contributed by atoms with E-state index in [-0.39, 0.29) is 12.4 Å². The Hall–Kier alpha value is 0.600. The lowest BCUT2D eigenvalue weighted by molar-refractivity contribution is -0.877. The van der Waals surface area contributed by atoms with E-state index in [4.69, 9.17) is 0 Å². The Morgan fingerprint density at radius 1 is 0.700 bits per heavy atom. The first-order valence-corrected chi connectivity index (χ1v) is 9.67. The molecule has 124 valence electrons. The van der Waals surface area contributed by atoms with Gasteiger partial charge in [-0.15, -0.1) is 11.8 Å². The number of halogens is 1. The van der Waals surface area contributed by atoms with Gasteiger partial charge < -0.3 is 16.9 Å². The van der Waals surface area contributed by atoms with Crippen molar-refractivity contribution in [2.24, 2.45) is 0 Å². The molecule has 0 heterocycles. The molecule has 0 amide bonds. The summed E-state index contributed by atoms with van der Waals surface area (Å²) in [5, 5.41) is 0. The zero-order valence-electron chi connectivity index (χ0n) is 14.4. The molecule has 20 heavy (non-hydrogen) atoms. The monoisotopic (exact) mass is 323 g/mol. The molecular weight excluding hydrogens is 286 g/mol. The van der Waals surface area contributed by atoms with Crippen LogP contribution in [0.25, 0.3) is 0 Å². The number of unbranched alkanes of at least 4 members (excludes halogenated alkanes) is 8. The van der Waals surface area contributed by atoms with Gasteiger partial charge in [-0.3, -0.25) is 0 Å². The molecule has 0 aromatic heterocycles. The third-order valence-corrected chi connectivity index (χ3v) is 5.16. The van der Waals surface area contributed by atoms with E-state index in [1.54, 1.807) is 0 Å². The van der Waals surface area contributed by atoms with Gasteiger partial charge in [0.15, 0.2) is 0 Å². The van der Waals surface area contributed by atoms with Crippen LogP contribution in [0.5, 0.6) is 0 Å². The second kappa shape index (κ2) is 16.0. The highest BCUT2D eigenvalue weighted by atomic mass is 35.5. The Morgan fingerprint density at radius 2 is 1.20 bits per heavy atom. The summed E-state index contributed by atoms with van der Waals surface area (Å²) in [7, 11) is 4.78. The van der Waals surface area contributed by atoms with E-state index in [2.05, 4.69) is 39.7 Å². The molecule has 0 atom stereocenters. The topological polar surface area (TPSA) is 0 Å². The van der Waals surface area contributed by atoms with Crippen LogP contribution in [0.2, 0.25) is 0 Å². The normalized spacial score (nSPS) is 11.4. The van der Waals surface area contributed by atoms with Crippen molar-refractivity contribution < 1.29 is 16.9 Å². The predicted molar refractivity (Wildman–Crippen MR) is 91.8 cm³/mol. The molecule has 0 radical (unpaired) electrons. The van der Waals surface area contributed by atoms with Crippen molar-refractivity contribution in [3.63, 3.8) is 0 Å². The Balaban J connectivity index is 0. The van der Waals surface area contributed by atoms with Crippen molar-refractivity contribution in [2.75, 3.05) is 32.3 Å². The van der Waals surface area contributed by atoms with Gasteiger partial charge in [-0.05, 0) is 25.0 Å². The summed E-state index contributed by atoms with van der Waals surface area (Å²) in [5.74, 6) is 2.63. The number of quaternary nitrogens is 1. The van der Waals surface area contributed by atoms with Crippen LogP contribution in [0.3, 0.4) is 0 Å². The van der Waals surface area contributed by atoms with Crippen molar-refractivity contribution in [3.8, 4) is 0 Å². The van der Waals surface area contributed by atoms with Crippen LogP contribution in [0.1, 0.15) is 78.1 Å². The van der Waals surface area contributed by atoms with Crippen molar-refractivity contribution in [2.45, 2.75) is 78.1 Å². The zero-order valence-corrected chi connectivity index (χ0v) is 16.0. The Morgan fingerprint density at radius 3 is 1.75 bits per heavy atom. The van der Waals surface area contributed by atoms with E-state index >= 15 is 0 Å². The molecule has 0 bridgehead atoms. The second-order valence-corrected chi connectivity index (χ2v) is 7.60. The summed E-state index contributed by atoms with van der Waals surface area (Å²) in [4.78, 5) is 0. The Labute approximate surface area is 139 Å². The van der Waals surface area contributed by atoms with Crippen molar-refractivity contribution in [1.82, 2.24) is 0 Å². The summed E-state index contributed by atoms with van der Waals surface area (Å²) in [6.07, 6.45) is 14.2. The first-order valence-electron chi connectivity index (χ1n) is 8.52. The van der Waals surface area contributed by atoms with E-state index in [9.17, 15) is 0 Å². The van der Waals surface area contributed by atoms with Gasteiger partial charge in [-0.1, -0.05) is 58.8 Å². The summed E-state index contributed by atoms with van der Waals surface area (Å²) in [6.45, 7) is 5.92. The van der Waals surface area contributed by atoms with Crippen LogP contribution in [-0.4, -0.2) is 36.8 Å². The Bertz CT molecular complexity index is 186. The molecule has 0 N–H and O–H groups in total. The quantitative estimate of drug-likeness (QED) is 0.269. The molecule has 0 rings (SSSR count). The van der Waals surface area contributed by atoms with Gasteiger partial charge in [0.05, 0.1) is 20.6 Å². The number of rotatable bonds is 14. The molecule has 0 spiro atoms. The van der Waals surface area contributed by atoms with Crippen LogP contribution >= 0.6 is 11.8 Å². The van der Waals surface area contributed by atoms with E-state index in [1.165, 1.54) is 86.9 Å². The fraction of sp³-hybridized carbons (Fsp3) is 1.00. The van der Waals surface area contributed by atoms with E-state index < -0.39 is 0 Å². The molecule has 1 nitrogen and oxygen atoms in total. The SMILES string of the molecule is CCCCCCCCCC[N+](C)(C)CSCCCC.[Cl-]. The average Bonchev–Trinajstić information content (AvgIpc) is 2.38. The van der Waals surface area contributed by atoms with Crippen molar-refractivity contribution in [1.29, 1.82) is 0 Å². The number of nitrogens with zero attached hydrogens (tertiary/aromatic N) is 1. The number of hydrogen-bond donors (Lipinski definition) is 0. The largest absolute Gasteiger partial charge is 1.00 e. The van der Waals surface area contributed by atoms with Crippen LogP contribution in [0.4, 0.5) is 0 Å². The van der Waals surface area contributed by atoms with Gasteiger partial charge in [0.2, 0.25) is 0 Å². The molecular formula is C17H38ClNS. The predicted octanol–water partition coefficient (Wildman–Crippen LogP) is 2.70. The average molecular weight is 324 g/mol. The van der Waals surface area contributed by atoms with Gasteiger partial charge in [-0.2, -0.15) is 0 Å². The number of hydrogen-bond acceptors (Lipinski definition) is 1. The maximum atomic E-state index is 2.39.